The fraction of sp³-hybridized carbons (Fsp3) is 0.556. The molecule has 1 amide bonds. The summed E-state index contributed by atoms with van der Waals surface area (Å²) >= 11 is 1.38. The Morgan fingerprint density at radius 2 is 1.80 bits per heavy atom. The van der Waals surface area contributed by atoms with Gasteiger partial charge in [0.2, 0.25) is 5.91 Å². The molecule has 8 heteroatoms. The first-order valence-electron chi connectivity index (χ1n) is 12.6. The normalized spacial score (nSPS) is 16.6. The van der Waals surface area contributed by atoms with Crippen LogP contribution in [0.25, 0.3) is 0 Å². The van der Waals surface area contributed by atoms with Gasteiger partial charge in [-0.15, -0.1) is 11.3 Å². The van der Waals surface area contributed by atoms with Crippen molar-refractivity contribution < 1.29 is 29.6 Å². The van der Waals surface area contributed by atoms with Crippen molar-refractivity contribution in [2.24, 2.45) is 0 Å². The zero-order chi connectivity index (χ0) is 25.0. The summed E-state index contributed by atoms with van der Waals surface area (Å²) in [6.07, 6.45) is 8.19. The number of benzene rings is 1. The van der Waals surface area contributed by atoms with Gasteiger partial charge in [0.1, 0.15) is 17.6 Å². The van der Waals surface area contributed by atoms with Gasteiger partial charge < -0.3 is 25.0 Å². The summed E-state index contributed by atoms with van der Waals surface area (Å²) in [6, 6.07) is 12.2. The van der Waals surface area contributed by atoms with Crippen molar-refractivity contribution in [2.45, 2.75) is 76.4 Å². The monoisotopic (exact) mass is 503 g/mol. The average Bonchev–Trinajstić information content (AvgIpc) is 3.49. The van der Waals surface area contributed by atoms with Gasteiger partial charge in [0.25, 0.3) is 0 Å². The number of amides is 1. The van der Waals surface area contributed by atoms with Gasteiger partial charge >= 0.3 is 5.97 Å². The molecule has 2 atom stereocenters. The number of unbranched alkanes of at least 4 members (excludes halogenated alkanes) is 3. The molecule has 0 bridgehead atoms. The van der Waals surface area contributed by atoms with Crippen LogP contribution in [-0.2, 0) is 22.4 Å². The lowest BCUT2D eigenvalue weighted by atomic mass is 10.0. The number of nitrogens with zero attached hydrogens (tertiary/aromatic N) is 1. The van der Waals surface area contributed by atoms with Gasteiger partial charge in [0.05, 0.1) is 6.61 Å². The number of aliphatic hydroxyl groups is 3. The number of carbonyl (C=O) groups is 2. The van der Waals surface area contributed by atoms with Gasteiger partial charge in [0, 0.05) is 29.6 Å². The minimum atomic E-state index is -1.06. The minimum Gasteiger partial charge on any atom is -0.459 e. The predicted molar refractivity (Wildman–Crippen MR) is 137 cm³/mol. The summed E-state index contributed by atoms with van der Waals surface area (Å²) in [4.78, 5) is 28.2. The van der Waals surface area contributed by atoms with E-state index in [9.17, 15) is 14.7 Å². The van der Waals surface area contributed by atoms with Gasteiger partial charge in [-0.3, -0.25) is 4.79 Å². The van der Waals surface area contributed by atoms with Gasteiger partial charge in [0.15, 0.2) is 0 Å². The van der Waals surface area contributed by atoms with Crippen molar-refractivity contribution >= 4 is 28.9 Å². The predicted octanol–water partition coefficient (Wildman–Crippen LogP) is 3.87. The Labute approximate surface area is 211 Å². The summed E-state index contributed by atoms with van der Waals surface area (Å²) in [5.74, 6) is -0.312. The minimum absolute atomic E-state index is 0.179. The topological polar surface area (TPSA) is 107 Å². The summed E-state index contributed by atoms with van der Waals surface area (Å²) in [5, 5.41) is 27.0. The third-order valence-corrected chi connectivity index (χ3v) is 7.48. The molecule has 35 heavy (non-hydrogen) atoms. The van der Waals surface area contributed by atoms with Crippen LogP contribution in [0.2, 0.25) is 0 Å². The largest absolute Gasteiger partial charge is 0.459 e. The summed E-state index contributed by atoms with van der Waals surface area (Å²) in [5.41, 5.74) is 2.24. The Hall–Kier alpha value is -2.26. The first-order chi connectivity index (χ1) is 17.0. The molecule has 2 aromatic rings. The summed E-state index contributed by atoms with van der Waals surface area (Å²) in [7, 11) is 0. The lowest BCUT2D eigenvalue weighted by Crippen LogP contribution is -2.32. The summed E-state index contributed by atoms with van der Waals surface area (Å²) < 4.78 is 5.01. The Balaban J connectivity index is 1.46. The molecule has 3 rings (SSSR count). The van der Waals surface area contributed by atoms with Crippen LogP contribution in [0.3, 0.4) is 0 Å². The Kier molecular flexibility index (Phi) is 11.2. The highest BCUT2D eigenvalue weighted by atomic mass is 32.1. The quantitative estimate of drug-likeness (QED) is 0.252. The second kappa shape index (κ2) is 14.3. The van der Waals surface area contributed by atoms with E-state index in [-0.39, 0.29) is 25.2 Å². The van der Waals surface area contributed by atoms with Crippen molar-refractivity contribution in [3.63, 3.8) is 0 Å². The second-order valence-electron chi connectivity index (χ2n) is 9.10. The molecule has 192 valence electrons. The number of hydrogen-bond donors (Lipinski definition) is 3. The number of aliphatic hydroxyl groups excluding tert-OH is 3. The van der Waals surface area contributed by atoms with Crippen LogP contribution in [0.15, 0.2) is 36.4 Å². The average molecular weight is 504 g/mol. The van der Waals surface area contributed by atoms with Crippen molar-refractivity contribution in [3.05, 3.63) is 51.7 Å². The van der Waals surface area contributed by atoms with Crippen molar-refractivity contribution in [1.82, 2.24) is 0 Å². The van der Waals surface area contributed by atoms with Gasteiger partial charge in [-0.05, 0) is 74.8 Å². The maximum atomic E-state index is 12.6. The number of aryl methyl sites for hydroxylation is 2. The third kappa shape index (κ3) is 8.42. The molecule has 0 saturated carbocycles. The van der Waals surface area contributed by atoms with Crippen LogP contribution in [0.4, 0.5) is 5.69 Å². The first-order valence-corrected chi connectivity index (χ1v) is 13.4. The Morgan fingerprint density at radius 3 is 2.54 bits per heavy atom. The standard InChI is InChI=1S/C27H37NO6S/c29-17-4-2-1-3-6-20-9-11-22(12-10-20)28-21(13-16-26(28)32)7-5-8-24-14-15-25(35-24)27(33)34-19-23(31)18-30/h9-12,14-15,21,23,29-31H,1-8,13,16-19H2/t21-,23-/m0/s1. The van der Waals surface area contributed by atoms with E-state index in [0.717, 1.165) is 68.4 Å². The fourth-order valence-corrected chi connectivity index (χ4v) is 5.36. The molecular formula is C27H37NO6S. The molecule has 1 aromatic heterocycles. The molecule has 3 N–H and O–H groups in total. The maximum Gasteiger partial charge on any atom is 0.348 e. The van der Waals surface area contributed by atoms with E-state index in [4.69, 9.17) is 14.9 Å². The van der Waals surface area contributed by atoms with Crippen LogP contribution >= 0.6 is 11.3 Å². The number of esters is 1. The highest BCUT2D eigenvalue weighted by Crippen LogP contribution is 2.30. The van der Waals surface area contributed by atoms with Crippen LogP contribution < -0.4 is 4.90 Å². The highest BCUT2D eigenvalue weighted by Gasteiger charge is 2.31. The van der Waals surface area contributed by atoms with Gasteiger partial charge in [-0.2, -0.15) is 0 Å². The van der Waals surface area contributed by atoms with Crippen LogP contribution in [-0.4, -0.2) is 59.2 Å². The first kappa shape index (κ1) is 27.3. The third-order valence-electron chi connectivity index (χ3n) is 6.35. The van der Waals surface area contributed by atoms with E-state index in [1.165, 1.54) is 16.9 Å². The molecule has 0 unspecified atom stereocenters. The van der Waals surface area contributed by atoms with Gasteiger partial charge in [-0.1, -0.05) is 25.0 Å². The lowest BCUT2D eigenvalue weighted by molar-refractivity contribution is -0.117. The van der Waals surface area contributed by atoms with E-state index in [0.29, 0.717) is 11.3 Å². The molecular weight excluding hydrogens is 466 g/mol. The Morgan fingerprint density at radius 1 is 1.03 bits per heavy atom. The second-order valence-corrected chi connectivity index (χ2v) is 10.3. The maximum absolute atomic E-state index is 12.6. The van der Waals surface area contributed by atoms with Crippen molar-refractivity contribution in [3.8, 4) is 0 Å². The van der Waals surface area contributed by atoms with Gasteiger partial charge in [-0.25, -0.2) is 4.79 Å². The van der Waals surface area contributed by atoms with E-state index in [1.807, 2.05) is 11.0 Å². The van der Waals surface area contributed by atoms with Crippen molar-refractivity contribution in [2.75, 3.05) is 24.7 Å². The molecule has 1 aliphatic rings. The van der Waals surface area contributed by atoms with E-state index < -0.39 is 18.7 Å². The van der Waals surface area contributed by atoms with Crippen LogP contribution in [0.1, 0.15) is 71.5 Å². The SMILES string of the molecule is O=C(OC[C@@H](O)CO)c1ccc(CCC[C@H]2CCC(=O)N2c2ccc(CCCCCCO)cc2)s1. The molecule has 0 spiro atoms. The molecule has 2 heterocycles. The zero-order valence-corrected chi connectivity index (χ0v) is 21.0. The molecule has 1 aliphatic heterocycles. The Bertz CT molecular complexity index is 928. The van der Waals surface area contributed by atoms with E-state index in [1.54, 1.807) is 6.07 Å². The van der Waals surface area contributed by atoms with Crippen LogP contribution in [0.5, 0.6) is 0 Å². The van der Waals surface area contributed by atoms with Crippen LogP contribution in [0, 0.1) is 0 Å². The lowest BCUT2D eigenvalue weighted by Gasteiger charge is -2.25. The molecule has 7 nitrogen and oxygen atoms in total. The zero-order valence-electron chi connectivity index (χ0n) is 20.2. The number of rotatable bonds is 15. The van der Waals surface area contributed by atoms with E-state index >= 15 is 0 Å². The van der Waals surface area contributed by atoms with E-state index in [2.05, 4.69) is 24.3 Å². The molecule has 0 radical (unpaired) electrons. The molecule has 1 saturated heterocycles. The number of thiophene rings is 1. The smallest absolute Gasteiger partial charge is 0.348 e. The fourth-order valence-electron chi connectivity index (χ4n) is 4.42. The molecule has 1 fully saturated rings. The number of ether oxygens (including phenoxy) is 1. The molecule has 1 aromatic carbocycles. The number of carbonyl (C=O) groups excluding carboxylic acids is 2. The number of anilines is 1. The summed E-state index contributed by atoms with van der Waals surface area (Å²) in [6.45, 7) is -0.403. The van der Waals surface area contributed by atoms with Crippen molar-refractivity contribution in [1.29, 1.82) is 0 Å². The number of hydrogen-bond acceptors (Lipinski definition) is 7. The molecule has 0 aliphatic carbocycles. The highest BCUT2D eigenvalue weighted by molar-refractivity contribution is 7.13.